The number of nitrogens with zero attached hydrogens (tertiary/aromatic N) is 5. The average molecular weight is 191 g/mol. The minimum absolute atomic E-state index is 0.473. The fourth-order valence-corrected chi connectivity index (χ4v) is 0.882. The Morgan fingerprint density at radius 1 is 1.64 bits per heavy atom. The molecule has 0 bridgehead atoms. The van der Waals surface area contributed by atoms with Crippen LogP contribution in [0.4, 0.5) is 5.82 Å². The van der Waals surface area contributed by atoms with Crippen molar-refractivity contribution in [3.63, 3.8) is 0 Å². The van der Waals surface area contributed by atoms with Gasteiger partial charge in [-0.1, -0.05) is 0 Å². The molecule has 0 unspecified atom stereocenters. The predicted octanol–water partition coefficient (Wildman–Crippen LogP) is 0.903. The number of amidine groups is 1. The van der Waals surface area contributed by atoms with Crippen molar-refractivity contribution in [3.05, 3.63) is 12.0 Å². The second-order valence-electron chi connectivity index (χ2n) is 3.19. The largest absolute Gasteiger partial charge is 0.366 e. The summed E-state index contributed by atoms with van der Waals surface area (Å²) in [5.41, 5.74) is 0.478. The number of hydrogen-bond acceptors (Lipinski definition) is 3. The quantitative estimate of drug-likeness (QED) is 0.489. The summed E-state index contributed by atoms with van der Waals surface area (Å²) < 4.78 is 1.65. The molecule has 0 aliphatic rings. The lowest BCUT2D eigenvalue weighted by Gasteiger charge is -2.09. The van der Waals surface area contributed by atoms with Gasteiger partial charge in [0.1, 0.15) is 11.9 Å². The second-order valence-corrected chi connectivity index (χ2v) is 3.19. The van der Waals surface area contributed by atoms with Gasteiger partial charge in [0.15, 0.2) is 11.5 Å². The van der Waals surface area contributed by atoms with Crippen LogP contribution in [0.25, 0.3) is 0 Å². The molecule has 14 heavy (non-hydrogen) atoms. The number of imidazole rings is 1. The minimum atomic E-state index is 0.473. The highest BCUT2D eigenvalue weighted by atomic mass is 15.2. The van der Waals surface area contributed by atoms with Crippen LogP contribution in [0.1, 0.15) is 12.6 Å². The molecule has 0 aliphatic carbocycles. The van der Waals surface area contributed by atoms with Gasteiger partial charge in [0, 0.05) is 21.1 Å². The monoisotopic (exact) mass is 191 g/mol. The highest BCUT2D eigenvalue weighted by Gasteiger charge is 2.07. The lowest BCUT2D eigenvalue weighted by atomic mass is 10.4. The molecule has 0 N–H and O–H groups in total. The third-order valence-electron chi connectivity index (χ3n) is 1.94. The Morgan fingerprint density at radius 2 is 2.29 bits per heavy atom. The van der Waals surface area contributed by atoms with Crippen LogP contribution in [-0.4, -0.2) is 34.4 Å². The van der Waals surface area contributed by atoms with Crippen LogP contribution in [-0.2, 0) is 7.05 Å². The third kappa shape index (κ3) is 1.91. The van der Waals surface area contributed by atoms with Crippen molar-refractivity contribution in [2.75, 3.05) is 14.1 Å². The molecule has 0 amide bonds. The van der Waals surface area contributed by atoms with Crippen molar-refractivity contribution in [3.8, 4) is 6.07 Å². The number of nitriles is 1. The average Bonchev–Trinajstić information content (AvgIpc) is 2.46. The lowest BCUT2D eigenvalue weighted by Crippen LogP contribution is -2.17. The molecular weight excluding hydrogens is 178 g/mol. The van der Waals surface area contributed by atoms with Crippen molar-refractivity contribution >= 4 is 11.7 Å². The Balaban J connectivity index is 3.10. The molecule has 5 heteroatoms. The topological polar surface area (TPSA) is 57.2 Å². The van der Waals surface area contributed by atoms with Crippen LogP contribution in [0.2, 0.25) is 0 Å². The highest BCUT2D eigenvalue weighted by molar-refractivity contribution is 5.82. The fraction of sp³-hybridized carbons (Fsp3) is 0.444. The smallest absolute Gasteiger partial charge is 0.190 e. The van der Waals surface area contributed by atoms with E-state index in [0.29, 0.717) is 11.5 Å². The maximum Gasteiger partial charge on any atom is 0.190 e. The van der Waals surface area contributed by atoms with Crippen LogP contribution in [0.3, 0.4) is 0 Å². The first-order valence-corrected chi connectivity index (χ1v) is 4.20. The van der Waals surface area contributed by atoms with Crippen molar-refractivity contribution < 1.29 is 0 Å². The van der Waals surface area contributed by atoms with E-state index in [-0.39, 0.29) is 0 Å². The van der Waals surface area contributed by atoms with E-state index in [4.69, 9.17) is 5.26 Å². The Kier molecular flexibility index (Phi) is 2.87. The standard InChI is InChI=1S/C9H13N5/c1-7(13(2)3)12-9-8(5-10)14(4)6-11-9/h6H,1-4H3/b12-7+. The molecule has 0 aromatic carbocycles. The highest BCUT2D eigenvalue weighted by Crippen LogP contribution is 2.14. The predicted molar refractivity (Wildman–Crippen MR) is 54.4 cm³/mol. The molecular formula is C9H13N5. The molecule has 1 heterocycles. The summed E-state index contributed by atoms with van der Waals surface area (Å²) in [6.07, 6.45) is 1.58. The zero-order chi connectivity index (χ0) is 10.7. The first kappa shape index (κ1) is 10.3. The molecule has 0 spiro atoms. The molecule has 0 saturated carbocycles. The van der Waals surface area contributed by atoms with E-state index < -0.39 is 0 Å². The van der Waals surface area contributed by atoms with Crippen LogP contribution < -0.4 is 0 Å². The lowest BCUT2D eigenvalue weighted by molar-refractivity contribution is 0.618. The van der Waals surface area contributed by atoms with Gasteiger partial charge < -0.3 is 9.47 Å². The molecule has 5 nitrogen and oxygen atoms in total. The summed E-state index contributed by atoms with van der Waals surface area (Å²) in [5, 5.41) is 8.85. The fourth-order valence-electron chi connectivity index (χ4n) is 0.882. The van der Waals surface area contributed by atoms with Crippen molar-refractivity contribution in [2.45, 2.75) is 6.92 Å². The zero-order valence-corrected chi connectivity index (χ0v) is 8.81. The Morgan fingerprint density at radius 3 is 2.79 bits per heavy atom. The SMILES string of the molecule is C/C(=N\c1ncn(C)c1C#N)N(C)C. The van der Waals surface area contributed by atoms with Crippen molar-refractivity contribution in [2.24, 2.45) is 12.0 Å². The van der Waals surface area contributed by atoms with E-state index in [9.17, 15) is 0 Å². The molecule has 1 aromatic rings. The van der Waals surface area contributed by atoms with E-state index in [0.717, 1.165) is 5.84 Å². The number of aromatic nitrogens is 2. The second kappa shape index (κ2) is 3.92. The number of rotatable bonds is 1. The van der Waals surface area contributed by atoms with Gasteiger partial charge >= 0.3 is 0 Å². The maximum atomic E-state index is 8.85. The summed E-state index contributed by atoms with van der Waals surface area (Å²) in [6.45, 7) is 1.87. The first-order valence-electron chi connectivity index (χ1n) is 4.20. The summed E-state index contributed by atoms with van der Waals surface area (Å²) in [5.74, 6) is 1.29. The molecule has 0 fully saturated rings. The Labute approximate surface area is 83.3 Å². The van der Waals surface area contributed by atoms with Gasteiger partial charge in [0.25, 0.3) is 0 Å². The van der Waals surface area contributed by atoms with Gasteiger partial charge in [-0.2, -0.15) is 5.26 Å². The summed E-state index contributed by atoms with van der Waals surface area (Å²) in [6, 6.07) is 2.06. The zero-order valence-electron chi connectivity index (χ0n) is 8.81. The third-order valence-corrected chi connectivity index (χ3v) is 1.94. The molecule has 1 rings (SSSR count). The maximum absolute atomic E-state index is 8.85. The molecule has 0 radical (unpaired) electrons. The van der Waals surface area contributed by atoms with Gasteiger partial charge in [-0.25, -0.2) is 9.98 Å². The van der Waals surface area contributed by atoms with Gasteiger partial charge in [-0.15, -0.1) is 0 Å². The molecule has 0 saturated heterocycles. The van der Waals surface area contributed by atoms with Crippen LogP contribution >= 0.6 is 0 Å². The van der Waals surface area contributed by atoms with E-state index in [1.807, 2.05) is 25.9 Å². The van der Waals surface area contributed by atoms with Crippen LogP contribution in [0.15, 0.2) is 11.3 Å². The van der Waals surface area contributed by atoms with E-state index in [1.54, 1.807) is 17.9 Å². The summed E-state index contributed by atoms with van der Waals surface area (Å²) >= 11 is 0. The Hall–Kier alpha value is -1.83. The summed E-state index contributed by atoms with van der Waals surface area (Å²) in [4.78, 5) is 10.1. The molecule has 0 atom stereocenters. The minimum Gasteiger partial charge on any atom is -0.366 e. The van der Waals surface area contributed by atoms with E-state index in [2.05, 4.69) is 16.0 Å². The number of aryl methyl sites for hydroxylation is 1. The van der Waals surface area contributed by atoms with Gasteiger partial charge in [0.05, 0.1) is 6.33 Å². The van der Waals surface area contributed by atoms with Crippen molar-refractivity contribution in [1.29, 1.82) is 5.26 Å². The normalized spacial score (nSPS) is 11.2. The van der Waals surface area contributed by atoms with Crippen molar-refractivity contribution in [1.82, 2.24) is 14.5 Å². The molecule has 0 aliphatic heterocycles. The van der Waals surface area contributed by atoms with Crippen LogP contribution in [0, 0.1) is 11.3 Å². The number of aliphatic imine (C=N–C) groups is 1. The summed E-state index contributed by atoms with van der Waals surface area (Å²) in [7, 11) is 5.57. The van der Waals surface area contributed by atoms with Gasteiger partial charge in [-0.3, -0.25) is 0 Å². The number of hydrogen-bond donors (Lipinski definition) is 0. The molecule has 1 aromatic heterocycles. The van der Waals surface area contributed by atoms with Gasteiger partial charge in [0.2, 0.25) is 0 Å². The first-order chi connectivity index (χ1) is 6.56. The molecule has 74 valence electrons. The Bertz CT molecular complexity index is 394. The van der Waals surface area contributed by atoms with E-state index >= 15 is 0 Å². The van der Waals surface area contributed by atoms with Crippen LogP contribution in [0.5, 0.6) is 0 Å². The van der Waals surface area contributed by atoms with Gasteiger partial charge in [-0.05, 0) is 6.92 Å². The van der Waals surface area contributed by atoms with E-state index in [1.165, 1.54) is 0 Å².